The zero-order chi connectivity index (χ0) is 10.6. The van der Waals surface area contributed by atoms with Crippen LogP contribution < -0.4 is 5.32 Å². The van der Waals surface area contributed by atoms with Gasteiger partial charge < -0.3 is 5.32 Å². The van der Waals surface area contributed by atoms with Crippen molar-refractivity contribution in [3.8, 4) is 0 Å². The maximum Gasteiger partial charge on any atom is 0.00725 e. The summed E-state index contributed by atoms with van der Waals surface area (Å²) in [7, 11) is 0. The first kappa shape index (κ1) is 11.8. The summed E-state index contributed by atoms with van der Waals surface area (Å²) in [6, 6.07) is 0.763. The number of hydrogen-bond donors (Lipinski definition) is 1. The molecule has 82 valence electrons. The van der Waals surface area contributed by atoms with Crippen LogP contribution in [0, 0.1) is 5.41 Å². The van der Waals surface area contributed by atoms with Crippen LogP contribution in [0.2, 0.25) is 0 Å². The molecule has 1 fully saturated rings. The van der Waals surface area contributed by atoms with Gasteiger partial charge in [-0.1, -0.05) is 19.4 Å². The van der Waals surface area contributed by atoms with Gasteiger partial charge in [0.05, 0.1) is 0 Å². The van der Waals surface area contributed by atoms with Crippen molar-refractivity contribution in [3.63, 3.8) is 0 Å². The van der Waals surface area contributed by atoms with Gasteiger partial charge in [0.1, 0.15) is 0 Å². The van der Waals surface area contributed by atoms with Gasteiger partial charge in [-0.3, -0.25) is 0 Å². The van der Waals surface area contributed by atoms with E-state index in [1.807, 2.05) is 0 Å². The van der Waals surface area contributed by atoms with E-state index in [2.05, 4.69) is 32.7 Å². The quantitative estimate of drug-likeness (QED) is 0.662. The SMILES string of the molecule is C=C(C)CC1(C)CCC(NCCC)C1. The van der Waals surface area contributed by atoms with E-state index in [0.717, 1.165) is 6.04 Å². The van der Waals surface area contributed by atoms with Crippen molar-refractivity contribution in [2.24, 2.45) is 5.41 Å². The van der Waals surface area contributed by atoms with Gasteiger partial charge in [-0.15, -0.1) is 6.58 Å². The highest BCUT2D eigenvalue weighted by atomic mass is 14.9. The summed E-state index contributed by atoms with van der Waals surface area (Å²) in [5.41, 5.74) is 1.86. The highest BCUT2D eigenvalue weighted by Crippen LogP contribution is 2.42. The van der Waals surface area contributed by atoms with Gasteiger partial charge in [-0.25, -0.2) is 0 Å². The summed E-state index contributed by atoms with van der Waals surface area (Å²) >= 11 is 0. The smallest absolute Gasteiger partial charge is 0.00725 e. The Kier molecular flexibility index (Phi) is 4.18. The number of rotatable bonds is 5. The molecule has 2 atom stereocenters. The molecule has 1 rings (SSSR count). The summed E-state index contributed by atoms with van der Waals surface area (Å²) in [5, 5.41) is 3.63. The van der Waals surface area contributed by atoms with E-state index in [0.29, 0.717) is 5.41 Å². The third-order valence-corrected chi connectivity index (χ3v) is 3.25. The molecule has 0 bridgehead atoms. The van der Waals surface area contributed by atoms with E-state index < -0.39 is 0 Å². The molecule has 1 heteroatoms. The minimum atomic E-state index is 0.525. The van der Waals surface area contributed by atoms with Gasteiger partial charge in [0, 0.05) is 6.04 Å². The molecule has 0 aliphatic heterocycles. The Balaban J connectivity index is 2.34. The van der Waals surface area contributed by atoms with Crippen LogP contribution in [0.3, 0.4) is 0 Å². The predicted molar refractivity (Wildman–Crippen MR) is 63.5 cm³/mol. The lowest BCUT2D eigenvalue weighted by Gasteiger charge is -2.24. The van der Waals surface area contributed by atoms with E-state index >= 15 is 0 Å². The van der Waals surface area contributed by atoms with Crippen LogP contribution in [0.15, 0.2) is 12.2 Å². The maximum absolute atomic E-state index is 4.03. The number of hydrogen-bond acceptors (Lipinski definition) is 1. The minimum Gasteiger partial charge on any atom is -0.314 e. The molecular formula is C13H25N. The maximum atomic E-state index is 4.03. The second-order valence-electron chi connectivity index (χ2n) is 5.34. The second kappa shape index (κ2) is 4.97. The van der Waals surface area contributed by atoms with Gasteiger partial charge in [0.2, 0.25) is 0 Å². The largest absolute Gasteiger partial charge is 0.314 e. The fourth-order valence-corrected chi connectivity index (χ4v) is 2.73. The highest BCUT2D eigenvalue weighted by Gasteiger charge is 2.34. The predicted octanol–water partition coefficient (Wildman–Crippen LogP) is 3.51. The molecule has 1 aliphatic carbocycles. The molecule has 0 heterocycles. The highest BCUT2D eigenvalue weighted by molar-refractivity contribution is 5.00. The molecule has 1 N–H and O–H groups in total. The molecule has 0 aromatic rings. The Morgan fingerprint density at radius 1 is 1.57 bits per heavy atom. The number of allylic oxidation sites excluding steroid dienone is 1. The van der Waals surface area contributed by atoms with Gasteiger partial charge in [0.25, 0.3) is 0 Å². The lowest BCUT2D eigenvalue weighted by molar-refractivity contribution is 0.321. The van der Waals surface area contributed by atoms with Gasteiger partial charge in [-0.2, -0.15) is 0 Å². The van der Waals surface area contributed by atoms with E-state index in [9.17, 15) is 0 Å². The van der Waals surface area contributed by atoms with Crippen LogP contribution in [0.5, 0.6) is 0 Å². The third-order valence-electron chi connectivity index (χ3n) is 3.25. The molecule has 0 aromatic heterocycles. The fraction of sp³-hybridized carbons (Fsp3) is 0.846. The molecule has 2 unspecified atom stereocenters. The Hall–Kier alpha value is -0.300. The standard InChI is InChI=1S/C13H25N/c1-5-8-14-12-6-7-13(4,10-12)9-11(2)3/h12,14H,2,5-10H2,1,3-4H3. The first-order valence-corrected chi connectivity index (χ1v) is 5.93. The van der Waals surface area contributed by atoms with Crippen LogP contribution in [0.1, 0.15) is 52.9 Å². The molecule has 14 heavy (non-hydrogen) atoms. The van der Waals surface area contributed by atoms with Crippen LogP contribution >= 0.6 is 0 Å². The average Bonchev–Trinajstić information content (AvgIpc) is 2.42. The van der Waals surface area contributed by atoms with E-state index in [-0.39, 0.29) is 0 Å². The topological polar surface area (TPSA) is 12.0 Å². The van der Waals surface area contributed by atoms with Gasteiger partial charge in [0.15, 0.2) is 0 Å². The summed E-state index contributed by atoms with van der Waals surface area (Å²) in [5.74, 6) is 0. The van der Waals surface area contributed by atoms with E-state index in [1.165, 1.54) is 44.2 Å². The second-order valence-corrected chi connectivity index (χ2v) is 5.34. The summed E-state index contributed by atoms with van der Waals surface area (Å²) < 4.78 is 0. The Bertz CT molecular complexity index is 197. The summed E-state index contributed by atoms with van der Waals surface area (Å²) in [6.45, 7) is 12.0. The van der Waals surface area contributed by atoms with Crippen molar-refractivity contribution in [2.75, 3.05) is 6.54 Å². The first-order chi connectivity index (χ1) is 6.56. The molecule has 0 aromatic carbocycles. The summed E-state index contributed by atoms with van der Waals surface area (Å²) in [6.07, 6.45) is 6.50. The average molecular weight is 195 g/mol. The Labute approximate surface area is 89.0 Å². The molecule has 0 radical (unpaired) electrons. The normalized spacial score (nSPS) is 32.1. The van der Waals surface area contributed by atoms with Crippen molar-refractivity contribution in [1.29, 1.82) is 0 Å². The number of nitrogens with one attached hydrogen (secondary N) is 1. The van der Waals surface area contributed by atoms with Crippen LogP contribution in [-0.2, 0) is 0 Å². The zero-order valence-corrected chi connectivity index (χ0v) is 10.0. The first-order valence-electron chi connectivity index (χ1n) is 5.93. The molecule has 1 nitrogen and oxygen atoms in total. The van der Waals surface area contributed by atoms with Crippen LogP contribution in [0.4, 0.5) is 0 Å². The molecular weight excluding hydrogens is 170 g/mol. The molecule has 1 saturated carbocycles. The lowest BCUT2D eigenvalue weighted by Crippen LogP contribution is -2.28. The third kappa shape index (κ3) is 3.45. The van der Waals surface area contributed by atoms with E-state index in [1.54, 1.807) is 0 Å². The monoisotopic (exact) mass is 195 g/mol. The van der Waals surface area contributed by atoms with Gasteiger partial charge in [-0.05, 0) is 51.0 Å². The lowest BCUT2D eigenvalue weighted by atomic mass is 9.82. The molecule has 0 saturated heterocycles. The molecule has 1 aliphatic rings. The van der Waals surface area contributed by atoms with E-state index in [4.69, 9.17) is 0 Å². The van der Waals surface area contributed by atoms with Crippen molar-refractivity contribution in [2.45, 2.75) is 58.9 Å². The summed E-state index contributed by atoms with van der Waals surface area (Å²) in [4.78, 5) is 0. The minimum absolute atomic E-state index is 0.525. The van der Waals surface area contributed by atoms with Crippen LogP contribution in [0.25, 0.3) is 0 Å². The van der Waals surface area contributed by atoms with Crippen LogP contribution in [-0.4, -0.2) is 12.6 Å². The van der Waals surface area contributed by atoms with Crippen molar-refractivity contribution in [1.82, 2.24) is 5.32 Å². The Morgan fingerprint density at radius 2 is 2.29 bits per heavy atom. The van der Waals surface area contributed by atoms with Crippen molar-refractivity contribution >= 4 is 0 Å². The Morgan fingerprint density at radius 3 is 2.86 bits per heavy atom. The van der Waals surface area contributed by atoms with Crippen molar-refractivity contribution < 1.29 is 0 Å². The molecule has 0 amide bonds. The molecule has 0 spiro atoms. The van der Waals surface area contributed by atoms with Gasteiger partial charge >= 0.3 is 0 Å². The fourth-order valence-electron chi connectivity index (χ4n) is 2.73. The van der Waals surface area contributed by atoms with Crippen molar-refractivity contribution in [3.05, 3.63) is 12.2 Å². The zero-order valence-electron chi connectivity index (χ0n) is 10.0.